The smallest absolute Gasteiger partial charge is 0.0914 e. The summed E-state index contributed by atoms with van der Waals surface area (Å²) in [4.78, 5) is 0. The van der Waals surface area contributed by atoms with Crippen molar-refractivity contribution in [1.29, 1.82) is 0 Å². The normalized spacial score (nSPS) is 16.9. The fraction of sp³-hybridized carbons (Fsp3) is 0.800. The monoisotopic (exact) mass is 186 g/mol. The zero-order chi connectivity index (χ0) is 9.99. The van der Waals surface area contributed by atoms with Crippen molar-refractivity contribution >= 4 is 8.07 Å². The van der Waals surface area contributed by atoms with Crippen molar-refractivity contribution in [2.24, 2.45) is 0 Å². The van der Waals surface area contributed by atoms with Crippen LogP contribution in [-0.4, -0.2) is 18.9 Å². The van der Waals surface area contributed by atoms with E-state index >= 15 is 0 Å². The van der Waals surface area contributed by atoms with Crippen molar-refractivity contribution in [3.05, 3.63) is 12.2 Å². The number of hydrogen-bond donors (Lipinski definition) is 1. The van der Waals surface area contributed by atoms with Crippen LogP contribution in [0.15, 0.2) is 12.2 Å². The number of aliphatic hydroxyl groups is 1. The van der Waals surface area contributed by atoms with E-state index in [0.29, 0.717) is 0 Å². The Morgan fingerprint density at radius 1 is 1.25 bits per heavy atom. The summed E-state index contributed by atoms with van der Waals surface area (Å²) in [6, 6.07) is 0. The summed E-state index contributed by atoms with van der Waals surface area (Å²) in [6.45, 7) is 13.1. The number of rotatable bonds is 2. The lowest BCUT2D eigenvalue weighted by Gasteiger charge is -2.39. The van der Waals surface area contributed by atoms with Crippen molar-refractivity contribution in [3.63, 3.8) is 0 Å². The molecule has 12 heavy (non-hydrogen) atoms. The molecule has 0 aromatic heterocycles. The Bertz CT molecular complexity index is 165. The molecule has 0 saturated carbocycles. The van der Waals surface area contributed by atoms with Gasteiger partial charge in [0, 0.05) is 0 Å². The van der Waals surface area contributed by atoms with Crippen LogP contribution >= 0.6 is 0 Å². The van der Waals surface area contributed by atoms with E-state index in [9.17, 15) is 5.11 Å². The molecule has 0 fully saturated rings. The van der Waals surface area contributed by atoms with Crippen LogP contribution in [0.3, 0.4) is 0 Å². The van der Waals surface area contributed by atoms with Gasteiger partial charge < -0.3 is 5.11 Å². The molecule has 2 heteroatoms. The molecule has 1 nitrogen and oxygen atoms in total. The molecule has 0 aromatic rings. The van der Waals surface area contributed by atoms with Crippen molar-refractivity contribution in [2.75, 3.05) is 0 Å². The molecule has 0 aliphatic rings. The lowest BCUT2D eigenvalue weighted by molar-refractivity contribution is 0.284. The Morgan fingerprint density at radius 3 is 1.92 bits per heavy atom. The molecular formula is C10H22OSi. The van der Waals surface area contributed by atoms with E-state index in [2.05, 4.69) is 33.9 Å². The van der Waals surface area contributed by atoms with Crippen LogP contribution in [0.2, 0.25) is 18.1 Å². The molecule has 0 rings (SSSR count). The third kappa shape index (κ3) is 2.46. The zero-order valence-corrected chi connectivity index (χ0v) is 10.2. The van der Waals surface area contributed by atoms with Gasteiger partial charge in [-0.3, -0.25) is 0 Å². The molecular weight excluding hydrogens is 164 g/mol. The first kappa shape index (κ1) is 11.9. The first-order chi connectivity index (χ1) is 5.23. The maximum Gasteiger partial charge on any atom is 0.0914 e. The Kier molecular flexibility index (Phi) is 3.73. The van der Waals surface area contributed by atoms with Crippen molar-refractivity contribution in [2.45, 2.75) is 51.6 Å². The highest BCUT2D eigenvalue weighted by Gasteiger charge is 2.40. The van der Waals surface area contributed by atoms with Gasteiger partial charge in [0.15, 0.2) is 0 Å². The van der Waals surface area contributed by atoms with Crippen LogP contribution in [0.4, 0.5) is 0 Å². The van der Waals surface area contributed by atoms with Crippen LogP contribution in [0, 0.1) is 0 Å². The number of hydrogen-bond acceptors (Lipinski definition) is 1. The first-order valence-electron chi connectivity index (χ1n) is 4.54. The van der Waals surface area contributed by atoms with Crippen molar-refractivity contribution < 1.29 is 5.11 Å². The zero-order valence-electron chi connectivity index (χ0n) is 9.18. The van der Waals surface area contributed by atoms with Crippen LogP contribution in [0.25, 0.3) is 0 Å². The Labute approximate surface area is 77.5 Å². The summed E-state index contributed by atoms with van der Waals surface area (Å²) >= 11 is 0. The van der Waals surface area contributed by atoms with Crippen molar-refractivity contribution in [1.82, 2.24) is 0 Å². The lowest BCUT2D eigenvalue weighted by atomic mass is 10.2. The molecule has 1 atom stereocenters. The van der Waals surface area contributed by atoms with Crippen LogP contribution in [-0.2, 0) is 0 Å². The average Bonchev–Trinajstić information content (AvgIpc) is 1.85. The average molecular weight is 186 g/mol. The van der Waals surface area contributed by atoms with E-state index in [0.717, 1.165) is 0 Å². The second-order valence-electron chi connectivity index (χ2n) is 4.94. The first-order valence-corrected chi connectivity index (χ1v) is 7.62. The van der Waals surface area contributed by atoms with E-state index < -0.39 is 8.07 Å². The molecule has 0 bridgehead atoms. The second-order valence-corrected chi connectivity index (χ2v) is 10.5. The molecule has 0 amide bonds. The summed E-state index contributed by atoms with van der Waals surface area (Å²) in [5, 5.41) is 10.1. The van der Waals surface area contributed by atoms with E-state index in [1.54, 1.807) is 0 Å². The Morgan fingerprint density at radius 2 is 1.67 bits per heavy atom. The van der Waals surface area contributed by atoms with Gasteiger partial charge in [0.25, 0.3) is 0 Å². The Hall–Kier alpha value is -0.0831. The molecule has 72 valence electrons. The van der Waals surface area contributed by atoms with Gasteiger partial charge >= 0.3 is 0 Å². The summed E-state index contributed by atoms with van der Waals surface area (Å²) < 4.78 is 0. The third-order valence-corrected chi connectivity index (χ3v) is 8.58. The summed E-state index contributed by atoms with van der Waals surface area (Å²) in [7, 11) is -1.56. The van der Waals surface area contributed by atoms with Gasteiger partial charge in [-0.05, 0) is 12.0 Å². The van der Waals surface area contributed by atoms with Gasteiger partial charge in [0.1, 0.15) is 0 Å². The molecule has 0 radical (unpaired) electrons. The molecule has 0 aliphatic heterocycles. The molecule has 0 heterocycles. The van der Waals surface area contributed by atoms with E-state index in [4.69, 9.17) is 0 Å². The van der Waals surface area contributed by atoms with Gasteiger partial charge in [0.05, 0.1) is 13.8 Å². The fourth-order valence-corrected chi connectivity index (χ4v) is 2.43. The predicted molar refractivity (Wildman–Crippen MR) is 58.0 cm³/mol. The largest absolute Gasteiger partial charge is 0.393 e. The summed E-state index contributed by atoms with van der Waals surface area (Å²) in [5.41, 5.74) is -0.220. The minimum absolute atomic E-state index is 0.220. The van der Waals surface area contributed by atoms with Crippen LogP contribution in [0.1, 0.15) is 27.7 Å². The topological polar surface area (TPSA) is 20.2 Å². The van der Waals surface area contributed by atoms with Gasteiger partial charge in [0.2, 0.25) is 0 Å². The van der Waals surface area contributed by atoms with E-state index in [1.165, 1.54) is 0 Å². The maximum absolute atomic E-state index is 9.89. The highest BCUT2D eigenvalue weighted by atomic mass is 28.3. The summed E-state index contributed by atoms with van der Waals surface area (Å²) in [5.74, 6) is 0. The van der Waals surface area contributed by atoms with Crippen LogP contribution < -0.4 is 0 Å². The minimum Gasteiger partial charge on any atom is -0.393 e. The van der Waals surface area contributed by atoms with Crippen LogP contribution in [0.5, 0.6) is 0 Å². The standard InChI is InChI=1S/C10H22OSi/c1-7-8-9(11)12(5,6)10(2,3)4/h7-9,11H,1-6H3/b8-7+/t9-/m0/s1. The summed E-state index contributed by atoms with van der Waals surface area (Å²) in [6.07, 6.45) is 3.85. The molecule has 0 spiro atoms. The van der Waals surface area contributed by atoms with E-state index in [1.807, 2.05) is 19.1 Å². The SMILES string of the molecule is C/C=C/[C@@H](O)[Si](C)(C)C(C)(C)C. The molecule has 0 aromatic carbocycles. The quantitative estimate of drug-likeness (QED) is 0.519. The minimum atomic E-state index is -1.56. The fourth-order valence-electron chi connectivity index (χ4n) is 0.867. The number of allylic oxidation sites excluding steroid dienone is 1. The van der Waals surface area contributed by atoms with E-state index in [-0.39, 0.29) is 10.8 Å². The Balaban J connectivity index is 4.61. The van der Waals surface area contributed by atoms with Gasteiger partial charge in [-0.1, -0.05) is 46.0 Å². The molecule has 0 unspecified atom stereocenters. The van der Waals surface area contributed by atoms with Gasteiger partial charge in [-0.2, -0.15) is 0 Å². The molecule has 1 N–H and O–H groups in total. The lowest BCUT2D eigenvalue weighted by Crippen LogP contribution is -2.48. The third-order valence-electron chi connectivity index (χ3n) is 3.05. The maximum atomic E-state index is 9.89. The van der Waals surface area contributed by atoms with Gasteiger partial charge in [-0.15, -0.1) is 0 Å². The number of aliphatic hydroxyl groups excluding tert-OH is 1. The van der Waals surface area contributed by atoms with Gasteiger partial charge in [-0.25, -0.2) is 0 Å². The highest BCUT2D eigenvalue weighted by Crippen LogP contribution is 2.38. The predicted octanol–water partition coefficient (Wildman–Crippen LogP) is 2.97. The molecule has 0 aliphatic carbocycles. The van der Waals surface area contributed by atoms with Crippen molar-refractivity contribution in [3.8, 4) is 0 Å². The second kappa shape index (κ2) is 3.75. The molecule has 0 saturated heterocycles. The highest BCUT2D eigenvalue weighted by molar-refractivity contribution is 6.81.